The topological polar surface area (TPSA) is 9.23 Å². The van der Waals surface area contributed by atoms with Gasteiger partial charge in [-0.15, -0.1) is 0 Å². The number of halogens is 4. The van der Waals surface area contributed by atoms with Crippen LogP contribution in [0.5, 0.6) is 0 Å². The van der Waals surface area contributed by atoms with E-state index in [0.717, 1.165) is 26.2 Å². The van der Waals surface area contributed by atoms with Crippen molar-refractivity contribution in [2.75, 3.05) is 4.43 Å². The van der Waals surface area contributed by atoms with E-state index in [1.807, 2.05) is 0 Å². The Morgan fingerprint density at radius 3 is 2.22 bits per heavy atom. The van der Waals surface area contributed by atoms with Gasteiger partial charge in [0, 0.05) is 4.43 Å². The van der Waals surface area contributed by atoms with Gasteiger partial charge in [0.25, 0.3) is 0 Å². The van der Waals surface area contributed by atoms with Crippen molar-refractivity contribution < 1.29 is 17.9 Å². The smallest absolute Gasteiger partial charge is 0.361 e. The van der Waals surface area contributed by atoms with Gasteiger partial charge in [-0.25, -0.2) is 0 Å². The second-order valence-electron chi connectivity index (χ2n) is 6.25. The predicted molar refractivity (Wildman–Crippen MR) is 72.8 cm³/mol. The van der Waals surface area contributed by atoms with E-state index in [4.69, 9.17) is 4.74 Å². The average Bonchev–Trinajstić information content (AvgIpc) is 2.78. The minimum absolute atomic E-state index is 0.156. The second kappa shape index (κ2) is 4.50. The van der Waals surface area contributed by atoms with E-state index in [0.29, 0.717) is 16.3 Å². The fourth-order valence-corrected chi connectivity index (χ4v) is 5.66. The molecule has 4 atom stereocenters. The molecule has 2 aliphatic carbocycles. The zero-order chi connectivity index (χ0) is 13.8. The first kappa shape index (κ1) is 14.9. The number of fused-ring (bicyclic) bond motifs is 2. The van der Waals surface area contributed by atoms with Crippen molar-refractivity contribution >= 4 is 22.6 Å². The summed E-state index contributed by atoms with van der Waals surface area (Å²) in [5, 5.41) is 0. The quantitative estimate of drug-likeness (QED) is 0.518. The van der Waals surface area contributed by atoms with Gasteiger partial charge in [-0.1, -0.05) is 36.4 Å². The largest absolute Gasteiger partial charge is 0.414 e. The van der Waals surface area contributed by atoms with Gasteiger partial charge in [-0.3, -0.25) is 0 Å². The van der Waals surface area contributed by atoms with Gasteiger partial charge in [0.2, 0.25) is 0 Å². The molecule has 0 aliphatic heterocycles. The lowest BCUT2D eigenvalue weighted by Gasteiger charge is -2.50. The van der Waals surface area contributed by atoms with Gasteiger partial charge in [0.1, 0.15) is 0 Å². The zero-order valence-corrected chi connectivity index (χ0v) is 13.1. The Kier molecular flexibility index (Phi) is 3.72. The van der Waals surface area contributed by atoms with Crippen molar-refractivity contribution in [1.29, 1.82) is 0 Å². The predicted octanol–water partition coefficient (Wildman–Crippen LogP) is 4.58. The number of hydrogen-bond donors (Lipinski definition) is 0. The van der Waals surface area contributed by atoms with E-state index in [2.05, 4.69) is 36.4 Å². The first-order chi connectivity index (χ1) is 8.15. The van der Waals surface area contributed by atoms with Crippen LogP contribution in [0.2, 0.25) is 0 Å². The molecule has 0 aromatic carbocycles. The highest BCUT2D eigenvalue weighted by molar-refractivity contribution is 14.1. The van der Waals surface area contributed by atoms with Crippen molar-refractivity contribution in [3.05, 3.63) is 0 Å². The third-order valence-electron chi connectivity index (χ3n) is 5.25. The van der Waals surface area contributed by atoms with E-state index in [9.17, 15) is 13.2 Å². The van der Waals surface area contributed by atoms with E-state index in [-0.39, 0.29) is 5.41 Å². The summed E-state index contributed by atoms with van der Waals surface area (Å²) < 4.78 is 44.6. The third-order valence-corrected chi connectivity index (χ3v) is 6.38. The molecule has 0 amide bonds. The van der Waals surface area contributed by atoms with Crippen LogP contribution in [0.3, 0.4) is 0 Å². The Balaban J connectivity index is 2.26. The van der Waals surface area contributed by atoms with Crippen LogP contribution in [-0.2, 0) is 4.74 Å². The molecule has 106 valence electrons. The van der Waals surface area contributed by atoms with Crippen LogP contribution in [0.25, 0.3) is 0 Å². The second-order valence-corrected chi connectivity index (χ2v) is 7.02. The Bertz CT molecular complexity index is 329. The van der Waals surface area contributed by atoms with Gasteiger partial charge < -0.3 is 4.74 Å². The SMILES string of the molecule is CC(OC1(CI)C2CCC(C2)C1(C)C)C(F)(F)F. The van der Waals surface area contributed by atoms with Gasteiger partial charge in [0.15, 0.2) is 6.10 Å². The molecule has 2 bridgehead atoms. The van der Waals surface area contributed by atoms with Crippen molar-refractivity contribution in [1.82, 2.24) is 0 Å². The number of hydrogen-bond acceptors (Lipinski definition) is 1. The fourth-order valence-electron chi connectivity index (χ4n) is 3.88. The maximum Gasteiger partial charge on any atom is 0.414 e. The third kappa shape index (κ3) is 2.00. The maximum atomic E-state index is 12.8. The molecule has 2 rings (SSSR count). The molecule has 0 spiro atoms. The first-order valence-electron chi connectivity index (χ1n) is 6.45. The van der Waals surface area contributed by atoms with E-state index in [1.165, 1.54) is 0 Å². The Labute approximate surface area is 120 Å². The molecule has 0 heterocycles. The molecule has 1 nitrogen and oxygen atoms in total. The van der Waals surface area contributed by atoms with Gasteiger partial charge in [0.05, 0.1) is 5.60 Å². The molecular formula is C13H20F3IO. The monoisotopic (exact) mass is 376 g/mol. The summed E-state index contributed by atoms with van der Waals surface area (Å²) in [7, 11) is 0. The van der Waals surface area contributed by atoms with E-state index >= 15 is 0 Å². The molecule has 0 N–H and O–H groups in total. The Hall–Kier alpha value is 0.480. The van der Waals surface area contributed by atoms with Crippen molar-refractivity contribution in [3.8, 4) is 0 Å². The van der Waals surface area contributed by atoms with Gasteiger partial charge >= 0.3 is 6.18 Å². The highest BCUT2D eigenvalue weighted by Crippen LogP contribution is 2.64. The minimum atomic E-state index is -4.27. The van der Waals surface area contributed by atoms with Crippen LogP contribution in [-0.4, -0.2) is 22.3 Å². The van der Waals surface area contributed by atoms with Crippen molar-refractivity contribution in [3.63, 3.8) is 0 Å². The Morgan fingerprint density at radius 2 is 1.83 bits per heavy atom. The molecular weight excluding hydrogens is 356 g/mol. The van der Waals surface area contributed by atoms with Crippen LogP contribution in [0.1, 0.15) is 40.0 Å². The van der Waals surface area contributed by atoms with Gasteiger partial charge in [-0.2, -0.15) is 13.2 Å². The molecule has 2 saturated carbocycles. The average molecular weight is 376 g/mol. The molecule has 0 saturated heterocycles. The van der Waals surface area contributed by atoms with E-state index in [1.54, 1.807) is 0 Å². The summed E-state index contributed by atoms with van der Waals surface area (Å²) in [4.78, 5) is 0. The molecule has 2 aliphatic rings. The normalized spacial score (nSPS) is 40.2. The van der Waals surface area contributed by atoms with Crippen molar-refractivity contribution in [2.45, 2.75) is 57.9 Å². The summed E-state index contributed by atoms with van der Waals surface area (Å²) in [6.45, 7) is 5.30. The highest BCUT2D eigenvalue weighted by atomic mass is 127. The molecule has 18 heavy (non-hydrogen) atoms. The number of alkyl halides is 4. The minimum Gasteiger partial charge on any atom is -0.361 e. The highest BCUT2D eigenvalue weighted by Gasteiger charge is 2.64. The van der Waals surface area contributed by atoms with Gasteiger partial charge in [-0.05, 0) is 43.4 Å². The number of rotatable bonds is 3. The first-order valence-corrected chi connectivity index (χ1v) is 7.98. The molecule has 4 unspecified atom stereocenters. The Morgan fingerprint density at radius 1 is 1.28 bits per heavy atom. The van der Waals surface area contributed by atoms with Crippen LogP contribution in [0.15, 0.2) is 0 Å². The fraction of sp³-hybridized carbons (Fsp3) is 1.00. The molecule has 5 heteroatoms. The lowest BCUT2D eigenvalue weighted by atomic mass is 9.66. The summed E-state index contributed by atoms with van der Waals surface area (Å²) >= 11 is 2.20. The maximum absolute atomic E-state index is 12.8. The standard InChI is InChI=1S/C13H20F3IO/c1-8(13(14,15)16)18-12(7-17)10-5-4-9(6-10)11(12,2)3/h8-10H,4-7H2,1-3H3. The van der Waals surface area contributed by atoms with Crippen LogP contribution >= 0.6 is 22.6 Å². The van der Waals surface area contributed by atoms with Crippen molar-refractivity contribution in [2.24, 2.45) is 17.3 Å². The van der Waals surface area contributed by atoms with Crippen LogP contribution in [0.4, 0.5) is 13.2 Å². The summed E-state index contributed by atoms with van der Waals surface area (Å²) in [5.41, 5.74) is -0.762. The van der Waals surface area contributed by atoms with Crippen LogP contribution in [0, 0.1) is 17.3 Å². The zero-order valence-electron chi connectivity index (χ0n) is 11.0. The molecule has 0 radical (unpaired) electrons. The molecule has 0 aromatic heterocycles. The number of ether oxygens (including phenoxy) is 1. The summed E-state index contributed by atoms with van der Waals surface area (Å²) in [6.07, 6.45) is -2.76. The molecule has 0 aromatic rings. The summed E-state index contributed by atoms with van der Waals surface area (Å²) in [6, 6.07) is 0. The summed E-state index contributed by atoms with van der Waals surface area (Å²) in [5.74, 6) is 0.803. The lowest BCUT2D eigenvalue weighted by Crippen LogP contribution is -2.56. The molecule has 2 fully saturated rings. The lowest BCUT2D eigenvalue weighted by molar-refractivity contribution is -0.269. The van der Waals surface area contributed by atoms with Crippen LogP contribution < -0.4 is 0 Å². The van der Waals surface area contributed by atoms with E-state index < -0.39 is 17.9 Å².